The predicted molar refractivity (Wildman–Crippen MR) is 57.7 cm³/mol. The predicted octanol–water partition coefficient (Wildman–Crippen LogP) is 1.93. The maximum atomic E-state index is 13.4. The van der Waals surface area contributed by atoms with Gasteiger partial charge in [0.2, 0.25) is 5.82 Å². The van der Waals surface area contributed by atoms with E-state index in [2.05, 4.69) is 15.2 Å². The minimum absolute atomic E-state index is 0.00296. The summed E-state index contributed by atoms with van der Waals surface area (Å²) in [6.07, 6.45) is 0. The first-order valence-corrected chi connectivity index (χ1v) is 5.16. The van der Waals surface area contributed by atoms with E-state index >= 15 is 0 Å². The van der Waals surface area contributed by atoms with E-state index in [1.165, 1.54) is 6.07 Å². The Morgan fingerprint density at radius 1 is 1.44 bits per heavy atom. The van der Waals surface area contributed by atoms with E-state index in [4.69, 9.17) is 4.74 Å². The van der Waals surface area contributed by atoms with E-state index in [-0.39, 0.29) is 23.8 Å². The summed E-state index contributed by atoms with van der Waals surface area (Å²) in [4.78, 5) is 15.1. The molecule has 0 unspecified atom stereocenters. The Labute approximate surface area is 101 Å². The van der Waals surface area contributed by atoms with Crippen molar-refractivity contribution in [3.8, 4) is 11.4 Å². The number of aromatic amines is 1. The molecule has 1 N–H and O–H groups in total. The average molecular weight is 253 g/mol. The topological polar surface area (TPSA) is 67.9 Å². The number of hydrogen-bond acceptors (Lipinski definition) is 4. The SMILES string of the molecule is CCOC(=O)c1nc(-c2ccc(F)cc2F)n[nH]1. The highest BCUT2D eigenvalue weighted by atomic mass is 19.1. The fourth-order valence-electron chi connectivity index (χ4n) is 1.34. The molecule has 1 aromatic carbocycles. The number of ether oxygens (including phenoxy) is 1. The lowest BCUT2D eigenvalue weighted by atomic mass is 10.2. The van der Waals surface area contributed by atoms with Gasteiger partial charge in [0.05, 0.1) is 12.2 Å². The molecule has 94 valence electrons. The molecule has 1 heterocycles. The maximum absolute atomic E-state index is 13.4. The minimum atomic E-state index is -0.801. The number of nitrogens with zero attached hydrogens (tertiary/aromatic N) is 2. The Morgan fingerprint density at radius 2 is 2.22 bits per heavy atom. The van der Waals surface area contributed by atoms with Crippen LogP contribution in [-0.4, -0.2) is 27.8 Å². The van der Waals surface area contributed by atoms with E-state index in [0.717, 1.165) is 12.1 Å². The summed E-state index contributed by atoms with van der Waals surface area (Å²) in [5, 5.41) is 6.02. The van der Waals surface area contributed by atoms with Gasteiger partial charge in [-0.15, -0.1) is 0 Å². The molecular formula is C11H9F2N3O2. The van der Waals surface area contributed by atoms with Crippen LogP contribution in [0.5, 0.6) is 0 Å². The van der Waals surface area contributed by atoms with Crippen LogP contribution in [0.4, 0.5) is 8.78 Å². The summed E-state index contributed by atoms with van der Waals surface area (Å²) in [5.41, 5.74) is 0.00296. The lowest BCUT2D eigenvalue weighted by Crippen LogP contribution is -2.06. The van der Waals surface area contributed by atoms with Crippen molar-refractivity contribution in [2.24, 2.45) is 0 Å². The van der Waals surface area contributed by atoms with E-state index in [0.29, 0.717) is 0 Å². The van der Waals surface area contributed by atoms with Gasteiger partial charge in [-0.05, 0) is 19.1 Å². The summed E-state index contributed by atoms with van der Waals surface area (Å²) >= 11 is 0. The second kappa shape index (κ2) is 4.91. The number of esters is 1. The van der Waals surface area contributed by atoms with Gasteiger partial charge >= 0.3 is 5.97 Å². The van der Waals surface area contributed by atoms with Crippen molar-refractivity contribution < 1.29 is 18.3 Å². The largest absolute Gasteiger partial charge is 0.460 e. The van der Waals surface area contributed by atoms with E-state index in [1.807, 2.05) is 0 Å². The first-order valence-electron chi connectivity index (χ1n) is 5.16. The van der Waals surface area contributed by atoms with Gasteiger partial charge in [0.25, 0.3) is 0 Å². The van der Waals surface area contributed by atoms with E-state index in [1.54, 1.807) is 6.92 Å². The van der Waals surface area contributed by atoms with Crippen LogP contribution >= 0.6 is 0 Å². The average Bonchev–Trinajstić information content (AvgIpc) is 2.78. The quantitative estimate of drug-likeness (QED) is 0.848. The van der Waals surface area contributed by atoms with Crippen molar-refractivity contribution in [1.29, 1.82) is 0 Å². The van der Waals surface area contributed by atoms with Crippen LogP contribution in [0.2, 0.25) is 0 Å². The van der Waals surface area contributed by atoms with Gasteiger partial charge in [-0.2, -0.15) is 5.10 Å². The van der Waals surface area contributed by atoms with Crippen LogP contribution in [0, 0.1) is 11.6 Å². The van der Waals surface area contributed by atoms with Gasteiger partial charge in [-0.3, -0.25) is 5.10 Å². The fourth-order valence-corrected chi connectivity index (χ4v) is 1.34. The van der Waals surface area contributed by atoms with E-state index < -0.39 is 17.6 Å². The molecule has 7 heteroatoms. The second-order valence-corrected chi connectivity index (χ2v) is 3.35. The molecule has 0 spiro atoms. The fraction of sp³-hybridized carbons (Fsp3) is 0.182. The smallest absolute Gasteiger partial charge is 0.375 e. The first-order chi connectivity index (χ1) is 8.61. The summed E-state index contributed by atoms with van der Waals surface area (Å²) in [6.45, 7) is 1.84. The van der Waals surface area contributed by atoms with Crippen molar-refractivity contribution in [3.63, 3.8) is 0 Å². The number of halogens is 2. The second-order valence-electron chi connectivity index (χ2n) is 3.35. The molecule has 0 saturated heterocycles. The molecule has 0 amide bonds. The van der Waals surface area contributed by atoms with Gasteiger partial charge in [0.1, 0.15) is 11.6 Å². The van der Waals surface area contributed by atoms with Crippen molar-refractivity contribution in [2.45, 2.75) is 6.92 Å². The third kappa shape index (κ3) is 2.34. The molecular weight excluding hydrogens is 244 g/mol. The lowest BCUT2D eigenvalue weighted by Gasteiger charge is -1.97. The van der Waals surface area contributed by atoms with Crippen LogP contribution in [0.25, 0.3) is 11.4 Å². The maximum Gasteiger partial charge on any atom is 0.375 e. The van der Waals surface area contributed by atoms with Crippen LogP contribution in [-0.2, 0) is 4.74 Å². The van der Waals surface area contributed by atoms with Crippen molar-refractivity contribution in [2.75, 3.05) is 6.61 Å². The van der Waals surface area contributed by atoms with E-state index in [9.17, 15) is 13.6 Å². The van der Waals surface area contributed by atoms with Crippen molar-refractivity contribution >= 4 is 5.97 Å². The summed E-state index contributed by atoms with van der Waals surface area (Å²) in [6, 6.07) is 3.00. The molecule has 0 aliphatic carbocycles. The molecule has 0 saturated carbocycles. The standard InChI is InChI=1S/C11H9F2N3O2/c1-2-18-11(17)10-14-9(15-16-10)7-4-3-6(12)5-8(7)13/h3-5H,2H2,1H3,(H,14,15,16). The number of rotatable bonds is 3. The molecule has 5 nitrogen and oxygen atoms in total. The number of H-pyrrole nitrogens is 1. The van der Waals surface area contributed by atoms with Gasteiger partial charge < -0.3 is 4.74 Å². The number of hydrogen-bond donors (Lipinski definition) is 1. The van der Waals surface area contributed by atoms with Crippen LogP contribution < -0.4 is 0 Å². The third-order valence-electron chi connectivity index (χ3n) is 2.13. The van der Waals surface area contributed by atoms with Crippen LogP contribution in [0.1, 0.15) is 17.5 Å². The molecule has 18 heavy (non-hydrogen) atoms. The zero-order valence-corrected chi connectivity index (χ0v) is 9.41. The highest BCUT2D eigenvalue weighted by Gasteiger charge is 2.16. The zero-order chi connectivity index (χ0) is 13.1. The van der Waals surface area contributed by atoms with Crippen LogP contribution in [0.3, 0.4) is 0 Å². The number of carbonyl (C=O) groups is 1. The molecule has 0 aliphatic rings. The molecule has 0 atom stereocenters. The molecule has 1 aromatic heterocycles. The summed E-state index contributed by atoms with van der Waals surface area (Å²) < 4.78 is 30.9. The lowest BCUT2D eigenvalue weighted by molar-refractivity contribution is 0.0512. The summed E-state index contributed by atoms with van der Waals surface area (Å²) in [5.74, 6) is -2.34. The third-order valence-corrected chi connectivity index (χ3v) is 2.13. The number of benzene rings is 1. The highest BCUT2D eigenvalue weighted by molar-refractivity contribution is 5.85. The number of carbonyl (C=O) groups excluding carboxylic acids is 1. The molecule has 0 radical (unpaired) electrons. The molecule has 2 aromatic rings. The minimum Gasteiger partial charge on any atom is -0.460 e. The van der Waals surface area contributed by atoms with Gasteiger partial charge in [0.15, 0.2) is 5.82 Å². The Balaban J connectivity index is 2.32. The zero-order valence-electron chi connectivity index (χ0n) is 9.41. The molecule has 0 bridgehead atoms. The Bertz CT molecular complexity index is 583. The van der Waals surface area contributed by atoms with Crippen LogP contribution in [0.15, 0.2) is 18.2 Å². The normalized spacial score (nSPS) is 10.4. The van der Waals surface area contributed by atoms with Gasteiger partial charge in [-0.25, -0.2) is 18.6 Å². The Kier molecular flexibility index (Phi) is 3.31. The monoisotopic (exact) mass is 253 g/mol. The number of nitrogens with one attached hydrogen (secondary N) is 1. The van der Waals surface area contributed by atoms with Gasteiger partial charge in [-0.1, -0.05) is 0 Å². The molecule has 0 aliphatic heterocycles. The number of aromatic nitrogens is 3. The van der Waals surface area contributed by atoms with Crippen molar-refractivity contribution in [1.82, 2.24) is 15.2 Å². The summed E-state index contributed by atoms with van der Waals surface area (Å²) in [7, 11) is 0. The van der Waals surface area contributed by atoms with Crippen molar-refractivity contribution in [3.05, 3.63) is 35.7 Å². The Hall–Kier alpha value is -2.31. The Morgan fingerprint density at radius 3 is 2.89 bits per heavy atom. The van der Waals surface area contributed by atoms with Gasteiger partial charge in [0, 0.05) is 6.07 Å². The molecule has 2 rings (SSSR count). The highest BCUT2D eigenvalue weighted by Crippen LogP contribution is 2.19. The molecule has 0 fully saturated rings. The first kappa shape index (κ1) is 12.2.